The Hall–Kier alpha value is -0.310. The fourth-order valence-corrected chi connectivity index (χ4v) is 1.91. The molecule has 4 heteroatoms. The van der Waals surface area contributed by atoms with Gasteiger partial charge < -0.3 is 4.90 Å². The van der Waals surface area contributed by atoms with Gasteiger partial charge in [0, 0.05) is 13.1 Å². The molecule has 1 atom stereocenters. The molecule has 0 saturated carbocycles. The summed E-state index contributed by atoms with van der Waals surface area (Å²) in [5.74, 6) is 0.0000693. The predicted molar refractivity (Wildman–Crippen MR) is 59.8 cm³/mol. The van der Waals surface area contributed by atoms with Crippen LogP contribution in [0.1, 0.15) is 33.1 Å². The molecule has 1 fully saturated rings. The van der Waals surface area contributed by atoms with Crippen LogP contribution in [0.3, 0.4) is 0 Å². The highest BCUT2D eigenvalue weighted by molar-refractivity contribution is 6.30. The van der Waals surface area contributed by atoms with E-state index < -0.39 is 5.38 Å². The zero-order valence-corrected chi connectivity index (χ0v) is 10.2. The predicted octanol–water partition coefficient (Wildman–Crippen LogP) is 2.60. The highest BCUT2D eigenvalue weighted by Gasteiger charge is 2.33. The number of carbonyl (C=O) groups excluding carboxylic acids is 1. The number of hydrogen-bond donors (Lipinski definition) is 0. The van der Waals surface area contributed by atoms with Gasteiger partial charge in [0.25, 0.3) is 0 Å². The average Bonchev–Trinajstić information content (AvgIpc) is 2.28. The van der Waals surface area contributed by atoms with Crippen LogP contribution >= 0.6 is 11.6 Å². The van der Waals surface area contributed by atoms with Crippen LogP contribution in [0.4, 0.5) is 4.39 Å². The van der Waals surface area contributed by atoms with Crippen molar-refractivity contribution in [1.29, 1.82) is 0 Å². The first-order valence-electron chi connectivity index (χ1n) is 5.51. The van der Waals surface area contributed by atoms with Crippen molar-refractivity contribution in [2.24, 2.45) is 5.41 Å². The largest absolute Gasteiger partial charge is 0.341 e. The Bertz CT molecular complexity index is 227. The van der Waals surface area contributed by atoms with Crippen molar-refractivity contribution >= 4 is 17.5 Å². The first kappa shape index (κ1) is 12.8. The molecule has 1 aliphatic rings. The van der Waals surface area contributed by atoms with Crippen LogP contribution in [-0.2, 0) is 4.79 Å². The maximum absolute atomic E-state index is 12.7. The number of rotatable bonds is 3. The molecule has 1 aliphatic heterocycles. The minimum atomic E-state index is -0.417. The summed E-state index contributed by atoms with van der Waals surface area (Å²) in [6.07, 6.45) is 2.13. The summed E-state index contributed by atoms with van der Waals surface area (Å²) in [5, 5.41) is -0.417. The Kier molecular flexibility index (Phi) is 4.38. The summed E-state index contributed by atoms with van der Waals surface area (Å²) in [5.41, 5.74) is -0.231. The first-order chi connectivity index (χ1) is 7.02. The van der Waals surface area contributed by atoms with Crippen LogP contribution in [-0.4, -0.2) is 35.9 Å². The Balaban J connectivity index is 2.47. The maximum Gasteiger partial charge on any atom is 0.240 e. The van der Waals surface area contributed by atoms with Crippen molar-refractivity contribution in [3.8, 4) is 0 Å². The van der Waals surface area contributed by atoms with Crippen LogP contribution in [0.5, 0.6) is 0 Å². The van der Waals surface area contributed by atoms with Crippen molar-refractivity contribution in [3.63, 3.8) is 0 Å². The maximum atomic E-state index is 12.7. The summed E-state index contributed by atoms with van der Waals surface area (Å²) in [7, 11) is 0. The van der Waals surface area contributed by atoms with Gasteiger partial charge in [0.1, 0.15) is 5.38 Å². The van der Waals surface area contributed by atoms with E-state index in [-0.39, 0.29) is 18.0 Å². The number of carbonyl (C=O) groups is 1. The number of piperidine rings is 1. The molecule has 2 nitrogen and oxygen atoms in total. The minimum Gasteiger partial charge on any atom is -0.341 e. The van der Waals surface area contributed by atoms with Gasteiger partial charge in [-0.25, -0.2) is 0 Å². The Labute approximate surface area is 95.8 Å². The Morgan fingerprint density at radius 1 is 1.53 bits per heavy atom. The number of alkyl halides is 2. The molecular weight excluding hydrogens is 217 g/mol. The standard InChI is InChI=1S/C11H19ClFNO/c1-3-9(12)10(15)14-6-4-11(2,8-13)5-7-14/h9H,3-8H2,1-2H3/t9-/m0/s1. The lowest BCUT2D eigenvalue weighted by molar-refractivity contribution is -0.133. The van der Waals surface area contributed by atoms with E-state index in [0.29, 0.717) is 19.5 Å². The summed E-state index contributed by atoms with van der Waals surface area (Å²) in [6, 6.07) is 0. The number of likely N-dealkylation sites (tertiary alicyclic amines) is 1. The van der Waals surface area contributed by atoms with E-state index in [0.717, 1.165) is 12.8 Å². The first-order valence-corrected chi connectivity index (χ1v) is 5.95. The molecule has 1 amide bonds. The highest BCUT2D eigenvalue weighted by Crippen LogP contribution is 2.31. The molecule has 0 spiro atoms. The Morgan fingerprint density at radius 3 is 2.47 bits per heavy atom. The summed E-state index contributed by atoms with van der Waals surface area (Å²) in [6.45, 7) is 4.82. The molecule has 88 valence electrons. The van der Waals surface area contributed by atoms with E-state index in [1.165, 1.54) is 0 Å². The molecule has 0 N–H and O–H groups in total. The quantitative estimate of drug-likeness (QED) is 0.689. The second-order valence-electron chi connectivity index (χ2n) is 4.65. The molecule has 15 heavy (non-hydrogen) atoms. The van der Waals surface area contributed by atoms with Gasteiger partial charge in [0.05, 0.1) is 6.67 Å². The van der Waals surface area contributed by atoms with E-state index in [1.807, 2.05) is 13.8 Å². The zero-order valence-electron chi connectivity index (χ0n) is 9.43. The van der Waals surface area contributed by atoms with Crippen molar-refractivity contribution in [3.05, 3.63) is 0 Å². The van der Waals surface area contributed by atoms with E-state index in [1.54, 1.807) is 4.90 Å². The molecule has 1 saturated heterocycles. The second-order valence-corrected chi connectivity index (χ2v) is 5.17. The van der Waals surface area contributed by atoms with Gasteiger partial charge in [-0.3, -0.25) is 9.18 Å². The summed E-state index contributed by atoms with van der Waals surface area (Å²) >= 11 is 5.89. The molecule has 1 rings (SSSR count). The lowest BCUT2D eigenvalue weighted by Gasteiger charge is -2.38. The van der Waals surface area contributed by atoms with E-state index in [2.05, 4.69) is 0 Å². The third-order valence-electron chi connectivity index (χ3n) is 3.23. The summed E-state index contributed by atoms with van der Waals surface area (Å²) < 4.78 is 12.7. The number of amides is 1. The second kappa shape index (κ2) is 5.15. The Morgan fingerprint density at radius 2 is 2.07 bits per heavy atom. The van der Waals surface area contributed by atoms with Gasteiger partial charge in [-0.2, -0.15) is 0 Å². The fraction of sp³-hybridized carbons (Fsp3) is 0.909. The number of halogens is 2. The van der Waals surface area contributed by atoms with Crippen molar-refractivity contribution in [1.82, 2.24) is 4.90 Å². The molecule has 0 aliphatic carbocycles. The number of nitrogens with zero attached hydrogens (tertiary/aromatic N) is 1. The lowest BCUT2D eigenvalue weighted by Crippen LogP contribution is -2.45. The summed E-state index contributed by atoms with van der Waals surface area (Å²) in [4.78, 5) is 13.5. The van der Waals surface area contributed by atoms with Crippen molar-refractivity contribution in [2.75, 3.05) is 19.8 Å². The third kappa shape index (κ3) is 3.07. The molecule has 0 unspecified atom stereocenters. The molecule has 0 aromatic carbocycles. The molecule has 0 aromatic rings. The SMILES string of the molecule is CC[C@H](Cl)C(=O)N1CCC(C)(CF)CC1. The molecule has 1 heterocycles. The number of hydrogen-bond acceptors (Lipinski definition) is 1. The van der Waals surface area contributed by atoms with Crippen LogP contribution < -0.4 is 0 Å². The van der Waals surface area contributed by atoms with E-state index in [9.17, 15) is 9.18 Å². The smallest absolute Gasteiger partial charge is 0.240 e. The van der Waals surface area contributed by atoms with Gasteiger partial charge in [-0.15, -0.1) is 11.6 Å². The molecule has 0 bridgehead atoms. The van der Waals surface area contributed by atoms with E-state index >= 15 is 0 Å². The minimum absolute atomic E-state index is 0.0000693. The van der Waals surface area contributed by atoms with Crippen LogP contribution in [0.2, 0.25) is 0 Å². The molecular formula is C11H19ClFNO. The third-order valence-corrected chi connectivity index (χ3v) is 3.73. The monoisotopic (exact) mass is 235 g/mol. The van der Waals surface area contributed by atoms with Gasteiger partial charge in [0.2, 0.25) is 5.91 Å². The van der Waals surface area contributed by atoms with Gasteiger partial charge in [0.15, 0.2) is 0 Å². The fourth-order valence-electron chi connectivity index (χ4n) is 1.77. The van der Waals surface area contributed by atoms with Crippen LogP contribution in [0, 0.1) is 5.41 Å². The van der Waals surface area contributed by atoms with Crippen LogP contribution in [0.15, 0.2) is 0 Å². The van der Waals surface area contributed by atoms with Gasteiger partial charge >= 0.3 is 0 Å². The van der Waals surface area contributed by atoms with Crippen molar-refractivity contribution in [2.45, 2.75) is 38.5 Å². The van der Waals surface area contributed by atoms with Gasteiger partial charge in [-0.05, 0) is 24.7 Å². The lowest BCUT2D eigenvalue weighted by atomic mass is 9.82. The van der Waals surface area contributed by atoms with Crippen molar-refractivity contribution < 1.29 is 9.18 Å². The van der Waals surface area contributed by atoms with Crippen LogP contribution in [0.25, 0.3) is 0 Å². The van der Waals surface area contributed by atoms with E-state index in [4.69, 9.17) is 11.6 Å². The van der Waals surface area contributed by atoms with Gasteiger partial charge in [-0.1, -0.05) is 13.8 Å². The molecule has 0 aromatic heterocycles. The highest BCUT2D eigenvalue weighted by atomic mass is 35.5. The molecule has 0 radical (unpaired) electrons. The normalized spacial score (nSPS) is 22.5. The zero-order chi connectivity index (χ0) is 11.5. The topological polar surface area (TPSA) is 20.3 Å². The average molecular weight is 236 g/mol.